The number of aromatic nitrogens is 2. The van der Waals surface area contributed by atoms with Gasteiger partial charge in [-0.2, -0.15) is 18.2 Å². The molecule has 0 bridgehead atoms. The normalized spacial score (nSPS) is 11.5. The molecule has 0 atom stereocenters. The Hall–Kier alpha value is -2.54. The van der Waals surface area contributed by atoms with Crippen molar-refractivity contribution in [3.8, 4) is 11.6 Å². The first-order valence-corrected chi connectivity index (χ1v) is 9.59. The Morgan fingerprint density at radius 2 is 1.71 bits per heavy atom. The van der Waals surface area contributed by atoms with Crippen LogP contribution in [0.1, 0.15) is 27.9 Å². The maximum atomic E-state index is 12.8. The van der Waals surface area contributed by atoms with Crippen LogP contribution in [0.3, 0.4) is 0 Å². The Labute approximate surface area is 166 Å². The predicted molar refractivity (Wildman–Crippen MR) is 104 cm³/mol. The summed E-state index contributed by atoms with van der Waals surface area (Å²) in [6.07, 6.45) is -4.35. The highest BCUT2D eigenvalue weighted by Gasteiger charge is 2.30. The number of thioether (sulfide) groups is 1. The molecule has 2 aromatic carbocycles. The van der Waals surface area contributed by atoms with E-state index in [1.54, 1.807) is 12.1 Å². The topological polar surface area (TPSA) is 35.0 Å². The highest BCUT2D eigenvalue weighted by molar-refractivity contribution is 7.98. The highest BCUT2D eigenvalue weighted by Crippen LogP contribution is 2.31. The van der Waals surface area contributed by atoms with Crippen LogP contribution < -0.4 is 4.74 Å². The molecule has 0 fully saturated rings. The van der Waals surface area contributed by atoms with Crippen molar-refractivity contribution >= 4 is 11.8 Å². The molecule has 1 heterocycles. The summed E-state index contributed by atoms with van der Waals surface area (Å²) in [5, 5.41) is 0.455. The zero-order chi connectivity index (χ0) is 20.3. The van der Waals surface area contributed by atoms with Crippen molar-refractivity contribution in [1.82, 2.24) is 9.97 Å². The molecule has 3 nitrogen and oxygen atoms in total. The summed E-state index contributed by atoms with van der Waals surface area (Å²) in [6.45, 7) is 5.85. The van der Waals surface area contributed by atoms with E-state index in [1.807, 2.05) is 39.0 Å². The summed E-state index contributed by atoms with van der Waals surface area (Å²) in [5.41, 5.74) is 2.91. The summed E-state index contributed by atoms with van der Waals surface area (Å²) in [5.74, 6) is 1.41. The first-order chi connectivity index (χ1) is 13.2. The number of hydrogen-bond donors (Lipinski definition) is 0. The fourth-order valence-corrected chi connectivity index (χ4v) is 3.35. The molecule has 7 heteroatoms. The molecule has 3 aromatic rings. The van der Waals surface area contributed by atoms with Gasteiger partial charge in [-0.05, 0) is 55.7 Å². The molecule has 0 aliphatic carbocycles. The van der Waals surface area contributed by atoms with Gasteiger partial charge in [-0.25, -0.2) is 4.98 Å². The zero-order valence-electron chi connectivity index (χ0n) is 15.7. The first-order valence-electron chi connectivity index (χ1n) is 8.60. The van der Waals surface area contributed by atoms with Gasteiger partial charge < -0.3 is 4.74 Å². The first kappa shape index (κ1) is 20.2. The molecule has 0 amide bonds. The van der Waals surface area contributed by atoms with E-state index in [1.165, 1.54) is 23.4 Å². The van der Waals surface area contributed by atoms with Crippen LogP contribution in [0.5, 0.6) is 11.6 Å². The van der Waals surface area contributed by atoms with E-state index in [0.29, 0.717) is 28.1 Å². The molecule has 0 aliphatic heterocycles. The predicted octanol–water partition coefficient (Wildman–Crippen LogP) is 6.51. The van der Waals surface area contributed by atoms with Crippen molar-refractivity contribution in [2.75, 3.05) is 0 Å². The van der Waals surface area contributed by atoms with Gasteiger partial charge in [0, 0.05) is 17.5 Å². The second-order valence-electron chi connectivity index (χ2n) is 6.47. The summed E-state index contributed by atoms with van der Waals surface area (Å²) in [6, 6.07) is 12.8. The highest BCUT2D eigenvalue weighted by atomic mass is 32.2. The van der Waals surface area contributed by atoms with Crippen LogP contribution in [-0.4, -0.2) is 9.97 Å². The number of rotatable bonds is 5. The number of nitrogens with zero attached hydrogens (tertiary/aromatic N) is 2. The lowest BCUT2D eigenvalue weighted by Gasteiger charge is -2.10. The van der Waals surface area contributed by atoms with E-state index in [4.69, 9.17) is 4.74 Å². The molecular weight excluding hydrogens is 385 g/mol. The Balaban J connectivity index is 1.74. The minimum absolute atomic E-state index is 0.330. The van der Waals surface area contributed by atoms with Crippen molar-refractivity contribution in [2.24, 2.45) is 0 Å². The van der Waals surface area contributed by atoms with Crippen LogP contribution in [0, 0.1) is 20.8 Å². The molecule has 3 rings (SSSR count). The largest absolute Gasteiger partial charge is 0.439 e. The molecule has 146 valence electrons. The minimum Gasteiger partial charge on any atom is -0.439 e. The van der Waals surface area contributed by atoms with Crippen molar-refractivity contribution in [3.63, 3.8) is 0 Å². The van der Waals surface area contributed by atoms with Crippen LogP contribution in [-0.2, 0) is 11.9 Å². The molecular formula is C21H19F3N2OS. The Morgan fingerprint density at radius 1 is 0.929 bits per heavy atom. The molecule has 0 unspecified atom stereocenters. The van der Waals surface area contributed by atoms with Crippen LogP contribution in [0.15, 0.2) is 53.7 Å². The summed E-state index contributed by atoms with van der Waals surface area (Å²) in [7, 11) is 0. The Morgan fingerprint density at radius 3 is 2.43 bits per heavy atom. The lowest BCUT2D eigenvalue weighted by atomic mass is 10.1. The van der Waals surface area contributed by atoms with Gasteiger partial charge in [-0.3, -0.25) is 0 Å². The van der Waals surface area contributed by atoms with Crippen LogP contribution in [0.4, 0.5) is 13.2 Å². The second kappa shape index (κ2) is 8.22. The van der Waals surface area contributed by atoms with Gasteiger partial charge in [0.25, 0.3) is 0 Å². The van der Waals surface area contributed by atoms with Gasteiger partial charge in [0.05, 0.1) is 5.56 Å². The fraction of sp³-hybridized carbons (Fsp3) is 0.238. The maximum absolute atomic E-state index is 12.8. The van der Waals surface area contributed by atoms with Crippen LogP contribution in [0.2, 0.25) is 0 Å². The Kier molecular flexibility index (Phi) is 5.93. The molecule has 0 spiro atoms. The quantitative estimate of drug-likeness (QED) is 0.359. The van der Waals surface area contributed by atoms with Gasteiger partial charge in [-0.1, -0.05) is 36.0 Å². The number of aryl methyl sites for hydroxylation is 3. The van der Waals surface area contributed by atoms with E-state index in [-0.39, 0.29) is 0 Å². The molecule has 0 aliphatic rings. The van der Waals surface area contributed by atoms with E-state index >= 15 is 0 Å². The van der Waals surface area contributed by atoms with E-state index in [0.717, 1.165) is 23.4 Å². The van der Waals surface area contributed by atoms with Gasteiger partial charge in [0.15, 0.2) is 5.16 Å². The molecule has 1 aromatic heterocycles. The lowest BCUT2D eigenvalue weighted by molar-refractivity contribution is -0.137. The lowest BCUT2D eigenvalue weighted by Crippen LogP contribution is -2.05. The van der Waals surface area contributed by atoms with Crippen LogP contribution in [0.25, 0.3) is 0 Å². The van der Waals surface area contributed by atoms with Crippen molar-refractivity contribution in [1.29, 1.82) is 0 Å². The third-order valence-corrected chi connectivity index (χ3v) is 5.05. The third kappa shape index (κ3) is 5.25. The number of benzene rings is 2. The van der Waals surface area contributed by atoms with Gasteiger partial charge in [0.1, 0.15) is 5.75 Å². The maximum Gasteiger partial charge on any atom is 0.416 e. The Bertz CT molecular complexity index is 990. The monoisotopic (exact) mass is 404 g/mol. The molecule has 0 N–H and O–H groups in total. The fourth-order valence-electron chi connectivity index (χ4n) is 2.51. The SMILES string of the molecule is Cc1cc(Oc2ccc(C)c(C)c2)nc(SCc2cccc(C(F)(F)F)c2)n1. The van der Waals surface area contributed by atoms with Gasteiger partial charge >= 0.3 is 6.18 Å². The second-order valence-corrected chi connectivity index (χ2v) is 7.41. The zero-order valence-corrected chi connectivity index (χ0v) is 16.5. The smallest absolute Gasteiger partial charge is 0.416 e. The number of halogens is 3. The number of ether oxygens (including phenoxy) is 1. The standard InChI is InChI=1S/C21H19F3N2OS/c1-13-7-8-18(9-14(13)2)27-19-10-15(3)25-20(26-19)28-12-16-5-4-6-17(11-16)21(22,23)24/h4-11H,12H2,1-3H3. The van der Waals surface area contributed by atoms with Gasteiger partial charge in [0.2, 0.25) is 5.88 Å². The summed E-state index contributed by atoms with van der Waals surface area (Å²) < 4.78 is 44.4. The van der Waals surface area contributed by atoms with Crippen molar-refractivity contribution in [3.05, 3.63) is 76.5 Å². The molecule has 28 heavy (non-hydrogen) atoms. The van der Waals surface area contributed by atoms with Crippen molar-refractivity contribution < 1.29 is 17.9 Å². The number of hydrogen-bond acceptors (Lipinski definition) is 4. The number of alkyl halides is 3. The average molecular weight is 404 g/mol. The van der Waals surface area contributed by atoms with E-state index in [9.17, 15) is 13.2 Å². The van der Waals surface area contributed by atoms with Crippen LogP contribution >= 0.6 is 11.8 Å². The summed E-state index contributed by atoms with van der Waals surface area (Å²) >= 11 is 1.27. The van der Waals surface area contributed by atoms with Crippen molar-refractivity contribution in [2.45, 2.75) is 37.9 Å². The molecule has 0 radical (unpaired) electrons. The third-order valence-electron chi connectivity index (χ3n) is 4.13. The summed E-state index contributed by atoms with van der Waals surface area (Å²) in [4.78, 5) is 8.72. The van der Waals surface area contributed by atoms with E-state index < -0.39 is 11.7 Å². The molecule has 0 saturated carbocycles. The van der Waals surface area contributed by atoms with E-state index in [2.05, 4.69) is 9.97 Å². The minimum atomic E-state index is -4.35. The van der Waals surface area contributed by atoms with Gasteiger partial charge in [-0.15, -0.1) is 0 Å². The average Bonchev–Trinajstić information content (AvgIpc) is 2.62. The molecule has 0 saturated heterocycles.